The Morgan fingerprint density at radius 2 is 1.89 bits per heavy atom. The van der Waals surface area contributed by atoms with Crippen molar-refractivity contribution in [1.29, 1.82) is 0 Å². The van der Waals surface area contributed by atoms with Crippen molar-refractivity contribution in [1.82, 2.24) is 5.32 Å². The molecule has 1 aromatic rings. The summed E-state index contributed by atoms with van der Waals surface area (Å²) in [4.78, 5) is 13.0. The van der Waals surface area contributed by atoms with Crippen LogP contribution < -0.4 is 5.32 Å². The summed E-state index contributed by atoms with van der Waals surface area (Å²) in [5.74, 6) is 1.37. The minimum Gasteiger partial charge on any atom is -0.349 e. The van der Waals surface area contributed by atoms with E-state index in [4.69, 9.17) is 0 Å². The highest BCUT2D eigenvalue weighted by atomic mass is 79.9. The van der Waals surface area contributed by atoms with Crippen molar-refractivity contribution >= 4 is 34.5 Å². The quantitative estimate of drug-likeness (QED) is 0.772. The number of rotatable bonds is 2. The number of halogens is 1. The lowest BCUT2D eigenvalue weighted by molar-refractivity contribution is 0.0908. The average Bonchev–Trinajstić information content (AvgIpc) is 2.26. The SMILES string of the molecule is CC1CC(C)CC(NC(=O)c2ccc(Br)cc2S)C1. The zero-order valence-corrected chi connectivity index (χ0v) is 13.8. The van der Waals surface area contributed by atoms with Crippen LogP contribution in [-0.2, 0) is 0 Å². The molecule has 1 saturated carbocycles. The highest BCUT2D eigenvalue weighted by Crippen LogP contribution is 2.29. The third-order valence-electron chi connectivity index (χ3n) is 3.72. The van der Waals surface area contributed by atoms with E-state index in [0.29, 0.717) is 28.3 Å². The number of amides is 1. The van der Waals surface area contributed by atoms with E-state index in [1.54, 1.807) is 0 Å². The molecule has 0 radical (unpaired) electrons. The Kier molecular flexibility index (Phi) is 4.96. The van der Waals surface area contributed by atoms with Gasteiger partial charge < -0.3 is 5.32 Å². The van der Waals surface area contributed by atoms with Crippen molar-refractivity contribution in [2.75, 3.05) is 0 Å². The van der Waals surface area contributed by atoms with Gasteiger partial charge in [-0.1, -0.05) is 29.8 Å². The van der Waals surface area contributed by atoms with Gasteiger partial charge in [0.25, 0.3) is 5.91 Å². The lowest BCUT2D eigenvalue weighted by Crippen LogP contribution is -2.40. The minimum absolute atomic E-state index is 0.0104. The van der Waals surface area contributed by atoms with Crippen LogP contribution >= 0.6 is 28.6 Å². The molecule has 0 aliphatic heterocycles. The van der Waals surface area contributed by atoms with E-state index < -0.39 is 0 Å². The van der Waals surface area contributed by atoms with Crippen molar-refractivity contribution in [3.8, 4) is 0 Å². The van der Waals surface area contributed by atoms with Crippen molar-refractivity contribution in [3.05, 3.63) is 28.2 Å². The Morgan fingerprint density at radius 3 is 2.47 bits per heavy atom. The van der Waals surface area contributed by atoms with Gasteiger partial charge in [-0.05, 0) is 49.3 Å². The smallest absolute Gasteiger partial charge is 0.252 e. The fourth-order valence-corrected chi connectivity index (χ4v) is 3.88. The molecule has 1 N–H and O–H groups in total. The molecule has 4 heteroatoms. The van der Waals surface area contributed by atoms with E-state index in [-0.39, 0.29) is 5.91 Å². The van der Waals surface area contributed by atoms with Crippen LogP contribution in [0.5, 0.6) is 0 Å². The number of hydrogen-bond acceptors (Lipinski definition) is 2. The van der Waals surface area contributed by atoms with Gasteiger partial charge in [0.2, 0.25) is 0 Å². The Balaban J connectivity index is 2.04. The number of carbonyl (C=O) groups is 1. The molecule has 0 bridgehead atoms. The monoisotopic (exact) mass is 341 g/mol. The first-order valence-electron chi connectivity index (χ1n) is 6.75. The second-order valence-electron chi connectivity index (χ2n) is 5.75. The highest BCUT2D eigenvalue weighted by molar-refractivity contribution is 9.10. The maximum atomic E-state index is 12.3. The first-order chi connectivity index (χ1) is 8.95. The van der Waals surface area contributed by atoms with Gasteiger partial charge in [0, 0.05) is 15.4 Å². The standard InChI is InChI=1S/C15H20BrNOS/c1-9-5-10(2)7-12(6-9)17-15(18)13-4-3-11(16)8-14(13)19/h3-4,8-10,12,19H,5-7H2,1-2H3,(H,17,18). The predicted molar refractivity (Wildman–Crippen MR) is 84.8 cm³/mol. The lowest BCUT2D eigenvalue weighted by Gasteiger charge is -2.32. The molecule has 1 aliphatic rings. The number of carbonyl (C=O) groups excluding carboxylic acids is 1. The molecule has 0 aromatic heterocycles. The molecule has 2 atom stereocenters. The largest absolute Gasteiger partial charge is 0.349 e. The summed E-state index contributed by atoms with van der Waals surface area (Å²) in [6.07, 6.45) is 3.42. The summed E-state index contributed by atoms with van der Waals surface area (Å²) in [5, 5.41) is 3.15. The fourth-order valence-electron chi connectivity index (χ4n) is 3.02. The lowest BCUT2D eigenvalue weighted by atomic mass is 9.80. The summed E-state index contributed by atoms with van der Waals surface area (Å²) in [7, 11) is 0. The van der Waals surface area contributed by atoms with Crippen LogP contribution in [0, 0.1) is 11.8 Å². The van der Waals surface area contributed by atoms with Crippen LogP contribution in [0.15, 0.2) is 27.6 Å². The van der Waals surface area contributed by atoms with Crippen LogP contribution in [0.3, 0.4) is 0 Å². The van der Waals surface area contributed by atoms with E-state index in [2.05, 4.69) is 47.7 Å². The molecule has 104 valence electrons. The Hall–Kier alpha value is -0.480. The molecule has 2 rings (SSSR count). The third-order valence-corrected chi connectivity index (χ3v) is 4.58. The Bertz CT molecular complexity index is 467. The van der Waals surface area contributed by atoms with Gasteiger partial charge in [-0.2, -0.15) is 0 Å². The van der Waals surface area contributed by atoms with Crippen LogP contribution in [0.1, 0.15) is 43.5 Å². The van der Waals surface area contributed by atoms with Crippen molar-refractivity contribution < 1.29 is 4.79 Å². The van der Waals surface area contributed by atoms with E-state index >= 15 is 0 Å². The topological polar surface area (TPSA) is 29.1 Å². The summed E-state index contributed by atoms with van der Waals surface area (Å²) in [6.45, 7) is 4.52. The van der Waals surface area contributed by atoms with E-state index in [1.165, 1.54) is 6.42 Å². The van der Waals surface area contributed by atoms with Gasteiger partial charge >= 0.3 is 0 Å². The minimum atomic E-state index is -0.0104. The van der Waals surface area contributed by atoms with Gasteiger partial charge in [-0.3, -0.25) is 4.79 Å². The molecule has 2 unspecified atom stereocenters. The van der Waals surface area contributed by atoms with Gasteiger partial charge in [-0.15, -0.1) is 12.6 Å². The van der Waals surface area contributed by atoms with Crippen LogP contribution in [-0.4, -0.2) is 11.9 Å². The van der Waals surface area contributed by atoms with Gasteiger partial charge in [0.05, 0.1) is 5.56 Å². The molecule has 0 saturated heterocycles. The maximum Gasteiger partial charge on any atom is 0.252 e. The number of benzene rings is 1. The van der Waals surface area contributed by atoms with E-state index in [0.717, 1.165) is 17.3 Å². The predicted octanol–water partition coefficient (Wildman–Crippen LogP) is 4.29. The highest BCUT2D eigenvalue weighted by Gasteiger charge is 2.25. The molecule has 19 heavy (non-hydrogen) atoms. The van der Waals surface area contributed by atoms with Crippen LogP contribution in [0.2, 0.25) is 0 Å². The first kappa shape index (κ1) is 14.9. The number of thiol groups is 1. The molecule has 1 aromatic carbocycles. The molecule has 0 spiro atoms. The molecular weight excluding hydrogens is 322 g/mol. The van der Waals surface area contributed by atoms with Crippen LogP contribution in [0.4, 0.5) is 0 Å². The van der Waals surface area contributed by atoms with Crippen molar-refractivity contribution in [3.63, 3.8) is 0 Å². The first-order valence-corrected chi connectivity index (χ1v) is 7.99. The summed E-state index contributed by atoms with van der Waals surface area (Å²) in [6, 6.07) is 5.84. The molecule has 1 aliphatic carbocycles. The summed E-state index contributed by atoms with van der Waals surface area (Å²) in [5.41, 5.74) is 0.650. The average molecular weight is 342 g/mol. The zero-order chi connectivity index (χ0) is 14.0. The maximum absolute atomic E-state index is 12.3. The van der Waals surface area contributed by atoms with Gasteiger partial charge in [-0.25, -0.2) is 0 Å². The van der Waals surface area contributed by atoms with Crippen molar-refractivity contribution in [2.45, 2.75) is 44.0 Å². The van der Waals surface area contributed by atoms with Crippen LogP contribution in [0.25, 0.3) is 0 Å². The van der Waals surface area contributed by atoms with E-state index in [1.807, 2.05) is 18.2 Å². The second kappa shape index (κ2) is 6.31. The molecule has 1 amide bonds. The van der Waals surface area contributed by atoms with E-state index in [9.17, 15) is 4.79 Å². The summed E-state index contributed by atoms with van der Waals surface area (Å²) >= 11 is 7.75. The number of hydrogen-bond donors (Lipinski definition) is 2. The van der Waals surface area contributed by atoms with Crippen molar-refractivity contribution in [2.24, 2.45) is 11.8 Å². The Labute approximate surface area is 128 Å². The third kappa shape index (κ3) is 3.99. The normalized spacial score (nSPS) is 27.1. The van der Waals surface area contributed by atoms with Gasteiger partial charge in [0.1, 0.15) is 0 Å². The Morgan fingerprint density at radius 1 is 1.26 bits per heavy atom. The molecular formula is C15H20BrNOS. The zero-order valence-electron chi connectivity index (χ0n) is 11.3. The van der Waals surface area contributed by atoms with Gasteiger partial charge in [0.15, 0.2) is 0 Å². The summed E-state index contributed by atoms with van der Waals surface area (Å²) < 4.78 is 0.939. The fraction of sp³-hybridized carbons (Fsp3) is 0.533. The molecule has 2 nitrogen and oxygen atoms in total. The molecule has 0 heterocycles. The molecule has 1 fully saturated rings. The second-order valence-corrected chi connectivity index (χ2v) is 7.15. The number of nitrogens with one attached hydrogen (secondary N) is 1.